The molecule has 6 nitrogen and oxygen atoms in total. The zero-order valence-corrected chi connectivity index (χ0v) is 10.6. The van der Waals surface area contributed by atoms with Crippen LogP contribution in [-0.4, -0.2) is 30.3 Å². The van der Waals surface area contributed by atoms with Gasteiger partial charge in [0.1, 0.15) is 5.69 Å². The average Bonchev–Trinajstić information content (AvgIpc) is 2.76. The maximum absolute atomic E-state index is 11.4. The van der Waals surface area contributed by atoms with Gasteiger partial charge in [-0.1, -0.05) is 0 Å². The number of hydrogen-bond donors (Lipinski definition) is 1. The van der Waals surface area contributed by atoms with Crippen molar-refractivity contribution in [3.05, 3.63) is 35.8 Å². The van der Waals surface area contributed by atoms with Crippen LogP contribution in [0, 0.1) is 0 Å². The first-order valence-corrected chi connectivity index (χ1v) is 5.46. The second kappa shape index (κ2) is 6.48. The van der Waals surface area contributed by atoms with E-state index in [9.17, 15) is 9.59 Å². The Bertz CT molecular complexity index is 462. The van der Waals surface area contributed by atoms with Crippen molar-refractivity contribution in [1.82, 2.24) is 4.68 Å². The largest absolute Gasteiger partial charge is 0.464 e. The van der Waals surface area contributed by atoms with Crippen molar-refractivity contribution in [2.75, 3.05) is 19.1 Å². The fourth-order valence-corrected chi connectivity index (χ4v) is 1.33. The quantitative estimate of drug-likeness (QED) is 0.631. The summed E-state index contributed by atoms with van der Waals surface area (Å²) >= 11 is 0. The van der Waals surface area contributed by atoms with Crippen LogP contribution in [0.25, 0.3) is 0 Å². The molecule has 0 amide bonds. The standard InChI is InChI=1S/C12H16N2O4/c1-4-18-11(15)8-9(2)13-14-7-5-6-10(14)12(16)17-3/h5-8,13H,4H2,1-3H3/b9-8+. The first-order chi connectivity index (χ1) is 8.58. The van der Waals surface area contributed by atoms with Gasteiger partial charge < -0.3 is 9.47 Å². The van der Waals surface area contributed by atoms with E-state index in [2.05, 4.69) is 10.2 Å². The second-order valence-corrected chi connectivity index (χ2v) is 3.45. The van der Waals surface area contributed by atoms with Crippen LogP contribution in [0.15, 0.2) is 30.1 Å². The molecular formula is C12H16N2O4. The fraction of sp³-hybridized carbons (Fsp3) is 0.333. The van der Waals surface area contributed by atoms with Gasteiger partial charge in [0.2, 0.25) is 0 Å². The second-order valence-electron chi connectivity index (χ2n) is 3.45. The van der Waals surface area contributed by atoms with E-state index in [4.69, 9.17) is 4.74 Å². The van der Waals surface area contributed by atoms with Gasteiger partial charge >= 0.3 is 11.9 Å². The van der Waals surface area contributed by atoms with E-state index >= 15 is 0 Å². The van der Waals surface area contributed by atoms with E-state index in [1.54, 1.807) is 32.2 Å². The number of aromatic nitrogens is 1. The molecule has 0 spiro atoms. The highest BCUT2D eigenvalue weighted by Gasteiger charge is 2.10. The van der Waals surface area contributed by atoms with E-state index in [0.717, 1.165) is 0 Å². The molecule has 0 aliphatic carbocycles. The van der Waals surface area contributed by atoms with E-state index < -0.39 is 11.9 Å². The Morgan fingerprint density at radius 3 is 2.83 bits per heavy atom. The van der Waals surface area contributed by atoms with Gasteiger partial charge in [-0.3, -0.25) is 10.1 Å². The monoisotopic (exact) mass is 252 g/mol. The molecule has 1 aromatic heterocycles. The summed E-state index contributed by atoms with van der Waals surface area (Å²) in [7, 11) is 1.31. The molecule has 1 rings (SSSR count). The van der Waals surface area contributed by atoms with Crippen LogP contribution in [-0.2, 0) is 14.3 Å². The van der Waals surface area contributed by atoms with Gasteiger partial charge in [-0.25, -0.2) is 9.59 Å². The van der Waals surface area contributed by atoms with Crippen molar-refractivity contribution in [2.24, 2.45) is 0 Å². The third-order valence-electron chi connectivity index (χ3n) is 2.06. The molecule has 0 atom stereocenters. The molecule has 0 saturated heterocycles. The number of esters is 2. The lowest BCUT2D eigenvalue weighted by Gasteiger charge is -2.10. The van der Waals surface area contributed by atoms with Gasteiger partial charge in [0.15, 0.2) is 0 Å². The molecule has 18 heavy (non-hydrogen) atoms. The molecule has 1 heterocycles. The van der Waals surface area contributed by atoms with Crippen LogP contribution < -0.4 is 5.43 Å². The average molecular weight is 252 g/mol. The van der Waals surface area contributed by atoms with E-state index in [1.807, 2.05) is 0 Å². The molecule has 6 heteroatoms. The summed E-state index contributed by atoms with van der Waals surface area (Å²) in [6.45, 7) is 3.74. The van der Waals surface area contributed by atoms with Crippen molar-refractivity contribution >= 4 is 11.9 Å². The molecule has 0 bridgehead atoms. The van der Waals surface area contributed by atoms with Crippen LogP contribution in [0.5, 0.6) is 0 Å². The van der Waals surface area contributed by atoms with Crippen molar-refractivity contribution in [1.29, 1.82) is 0 Å². The van der Waals surface area contributed by atoms with E-state index in [1.165, 1.54) is 17.9 Å². The smallest absolute Gasteiger partial charge is 0.356 e. The van der Waals surface area contributed by atoms with Crippen molar-refractivity contribution in [3.63, 3.8) is 0 Å². The number of carbonyl (C=O) groups is 2. The molecule has 1 N–H and O–H groups in total. The predicted octanol–water partition coefficient (Wildman–Crippen LogP) is 1.29. The summed E-state index contributed by atoms with van der Waals surface area (Å²) in [4.78, 5) is 22.6. The third-order valence-corrected chi connectivity index (χ3v) is 2.06. The third kappa shape index (κ3) is 3.65. The van der Waals surface area contributed by atoms with Gasteiger partial charge in [-0.05, 0) is 26.0 Å². The molecule has 0 unspecified atom stereocenters. The van der Waals surface area contributed by atoms with Gasteiger partial charge in [0.05, 0.1) is 13.7 Å². The lowest BCUT2D eigenvalue weighted by molar-refractivity contribution is -0.137. The molecule has 0 aliphatic heterocycles. The number of carbonyl (C=O) groups excluding carboxylic acids is 2. The minimum atomic E-state index is -0.462. The molecule has 98 valence electrons. The van der Waals surface area contributed by atoms with Crippen LogP contribution in [0.1, 0.15) is 24.3 Å². The summed E-state index contributed by atoms with van der Waals surface area (Å²) in [5.74, 6) is -0.897. The minimum absolute atomic E-state index is 0.319. The molecule has 0 aromatic carbocycles. The minimum Gasteiger partial charge on any atom is -0.464 e. The Morgan fingerprint density at radius 2 is 2.22 bits per heavy atom. The highest BCUT2D eigenvalue weighted by molar-refractivity contribution is 5.88. The first kappa shape index (κ1) is 13.8. The van der Waals surface area contributed by atoms with Crippen molar-refractivity contribution in [3.8, 4) is 0 Å². The summed E-state index contributed by atoms with van der Waals surface area (Å²) in [6, 6.07) is 3.30. The Kier molecular flexibility index (Phi) is 4.98. The zero-order valence-electron chi connectivity index (χ0n) is 10.6. The highest BCUT2D eigenvalue weighted by atomic mass is 16.5. The Morgan fingerprint density at radius 1 is 1.50 bits per heavy atom. The Labute approximate surface area is 105 Å². The Balaban J connectivity index is 2.76. The summed E-state index contributed by atoms with van der Waals surface area (Å²) < 4.78 is 10.9. The number of allylic oxidation sites excluding steroid dienone is 1. The van der Waals surface area contributed by atoms with Gasteiger partial charge in [0, 0.05) is 18.0 Å². The fourth-order valence-electron chi connectivity index (χ4n) is 1.33. The molecular weight excluding hydrogens is 236 g/mol. The SMILES string of the molecule is CCOC(=O)/C=C(\C)Nn1cccc1C(=O)OC. The lowest BCUT2D eigenvalue weighted by atomic mass is 10.4. The lowest BCUT2D eigenvalue weighted by Crippen LogP contribution is -2.19. The maximum Gasteiger partial charge on any atom is 0.356 e. The summed E-state index contributed by atoms with van der Waals surface area (Å²) in [5, 5.41) is 0. The number of rotatable bonds is 5. The van der Waals surface area contributed by atoms with E-state index in [0.29, 0.717) is 18.0 Å². The van der Waals surface area contributed by atoms with Crippen LogP contribution >= 0.6 is 0 Å². The van der Waals surface area contributed by atoms with Crippen molar-refractivity contribution < 1.29 is 19.1 Å². The van der Waals surface area contributed by atoms with Crippen LogP contribution in [0.4, 0.5) is 0 Å². The molecule has 0 fully saturated rings. The normalized spacial score (nSPS) is 10.9. The molecule has 0 aliphatic rings. The number of ether oxygens (including phenoxy) is 2. The highest BCUT2D eigenvalue weighted by Crippen LogP contribution is 2.03. The first-order valence-electron chi connectivity index (χ1n) is 5.46. The number of hydrogen-bond acceptors (Lipinski definition) is 5. The van der Waals surface area contributed by atoms with Crippen molar-refractivity contribution in [2.45, 2.75) is 13.8 Å². The molecule has 0 saturated carbocycles. The molecule has 0 radical (unpaired) electrons. The summed E-state index contributed by atoms with van der Waals surface area (Å²) in [5.41, 5.74) is 3.76. The topological polar surface area (TPSA) is 69.6 Å². The van der Waals surface area contributed by atoms with Crippen LogP contribution in [0.2, 0.25) is 0 Å². The maximum atomic E-state index is 11.4. The van der Waals surface area contributed by atoms with Gasteiger partial charge in [-0.15, -0.1) is 0 Å². The van der Waals surface area contributed by atoms with Gasteiger partial charge in [0.25, 0.3) is 0 Å². The summed E-state index contributed by atoms with van der Waals surface area (Å²) in [6.07, 6.45) is 2.96. The van der Waals surface area contributed by atoms with Crippen LogP contribution in [0.3, 0.4) is 0 Å². The Hall–Kier alpha value is -2.24. The van der Waals surface area contributed by atoms with E-state index in [-0.39, 0.29) is 0 Å². The number of methoxy groups -OCH3 is 1. The zero-order chi connectivity index (χ0) is 13.5. The number of nitrogens with zero attached hydrogens (tertiary/aromatic N) is 1. The molecule has 1 aromatic rings. The van der Waals surface area contributed by atoms with Gasteiger partial charge in [-0.2, -0.15) is 0 Å². The predicted molar refractivity (Wildman–Crippen MR) is 65.5 cm³/mol. The number of nitrogens with one attached hydrogen (secondary N) is 1.